The van der Waals surface area contributed by atoms with E-state index in [1.165, 1.54) is 59.7 Å². The first-order chi connectivity index (χ1) is 6.41. The van der Waals surface area contributed by atoms with Crippen LogP contribution in [-0.4, -0.2) is 6.16 Å². The van der Waals surface area contributed by atoms with E-state index in [4.69, 9.17) is 0 Å². The van der Waals surface area contributed by atoms with Crippen LogP contribution in [0, 0.1) is 0 Å². The van der Waals surface area contributed by atoms with Crippen LogP contribution in [0.5, 0.6) is 0 Å². The molecule has 0 fully saturated rings. The average molecular weight is 199 g/mol. The minimum absolute atomic E-state index is 1.36. The second-order valence-corrected chi connectivity index (χ2v) is 4.62. The number of rotatable bonds is 9. The highest BCUT2D eigenvalue weighted by atomic mass is 31.1. The molecule has 0 amide bonds. The number of unbranched alkanes of at least 4 members (excludes halogenated alkanes) is 6. The van der Waals surface area contributed by atoms with Crippen LogP contribution in [0.1, 0.15) is 58.8 Å². The van der Waals surface area contributed by atoms with Gasteiger partial charge in [-0.05, 0) is 19.5 Å². The SMILES string of the molecule is CC=C[P]CCCCCCCCC. The van der Waals surface area contributed by atoms with Crippen molar-refractivity contribution in [3.05, 3.63) is 11.9 Å². The van der Waals surface area contributed by atoms with E-state index in [0.29, 0.717) is 0 Å². The quantitative estimate of drug-likeness (QED) is 0.353. The van der Waals surface area contributed by atoms with Crippen LogP contribution in [0.25, 0.3) is 0 Å². The third-order valence-corrected chi connectivity index (χ3v) is 3.23. The van der Waals surface area contributed by atoms with Crippen molar-refractivity contribution < 1.29 is 0 Å². The van der Waals surface area contributed by atoms with Gasteiger partial charge in [0.15, 0.2) is 0 Å². The lowest BCUT2D eigenvalue weighted by Crippen LogP contribution is -1.80. The van der Waals surface area contributed by atoms with E-state index >= 15 is 0 Å². The standard InChI is InChI=1S/C12H24P/c1-3-5-6-7-8-9-10-12-13-11-4-2/h4,11H,3,5-10,12H2,1-2H3. The molecule has 0 bridgehead atoms. The maximum Gasteiger partial charge on any atom is -0.0250 e. The molecule has 13 heavy (non-hydrogen) atoms. The van der Waals surface area contributed by atoms with Crippen LogP contribution in [0.3, 0.4) is 0 Å². The van der Waals surface area contributed by atoms with Crippen LogP contribution < -0.4 is 0 Å². The van der Waals surface area contributed by atoms with E-state index in [-0.39, 0.29) is 0 Å². The lowest BCUT2D eigenvalue weighted by molar-refractivity contribution is 0.603. The molecule has 0 aromatic heterocycles. The molecule has 77 valence electrons. The highest BCUT2D eigenvalue weighted by molar-refractivity contribution is 7.41. The predicted molar refractivity (Wildman–Crippen MR) is 64.6 cm³/mol. The first-order valence-electron chi connectivity index (χ1n) is 5.69. The third kappa shape index (κ3) is 12.2. The van der Waals surface area contributed by atoms with Crippen LogP contribution in [0.15, 0.2) is 11.9 Å². The smallest absolute Gasteiger partial charge is 0.0250 e. The molecule has 0 saturated heterocycles. The second-order valence-electron chi connectivity index (χ2n) is 3.51. The molecule has 0 rings (SSSR count). The van der Waals surface area contributed by atoms with Crippen molar-refractivity contribution in [3.8, 4) is 0 Å². The summed E-state index contributed by atoms with van der Waals surface area (Å²) in [6.07, 6.45) is 13.5. The van der Waals surface area contributed by atoms with Gasteiger partial charge >= 0.3 is 0 Å². The highest BCUT2D eigenvalue weighted by Gasteiger charge is 1.89. The van der Waals surface area contributed by atoms with Gasteiger partial charge in [-0.1, -0.05) is 65.9 Å². The van der Waals surface area contributed by atoms with E-state index in [1.54, 1.807) is 0 Å². The Labute approximate surface area is 86.0 Å². The Bertz CT molecular complexity index is 108. The average Bonchev–Trinajstić information content (AvgIpc) is 2.16. The predicted octanol–water partition coefficient (Wildman–Crippen LogP) is 5.22. The summed E-state index contributed by atoms with van der Waals surface area (Å²) in [6.45, 7) is 4.37. The van der Waals surface area contributed by atoms with E-state index < -0.39 is 0 Å². The monoisotopic (exact) mass is 199 g/mol. The fraction of sp³-hybridized carbons (Fsp3) is 0.833. The Morgan fingerprint density at radius 3 is 2.15 bits per heavy atom. The Hall–Kier alpha value is 0.170. The number of allylic oxidation sites excluding steroid dienone is 1. The summed E-state index contributed by atoms with van der Waals surface area (Å²) in [5.41, 5.74) is 0. The molecule has 0 nitrogen and oxygen atoms in total. The molecule has 1 radical (unpaired) electrons. The van der Waals surface area contributed by atoms with Crippen molar-refractivity contribution in [2.75, 3.05) is 6.16 Å². The van der Waals surface area contributed by atoms with Gasteiger partial charge in [0.1, 0.15) is 0 Å². The molecule has 0 spiro atoms. The molecule has 1 heteroatoms. The Kier molecular flexibility index (Phi) is 12.3. The van der Waals surface area contributed by atoms with Gasteiger partial charge < -0.3 is 0 Å². The first kappa shape index (κ1) is 13.2. The summed E-state index contributed by atoms with van der Waals surface area (Å²) in [4.78, 5) is 0. The van der Waals surface area contributed by atoms with Gasteiger partial charge in [0.05, 0.1) is 0 Å². The normalized spacial score (nSPS) is 12.2. The maximum absolute atomic E-state index is 2.27. The molecule has 0 saturated carbocycles. The molecule has 0 aliphatic rings. The molecule has 0 N–H and O–H groups in total. The van der Waals surface area contributed by atoms with E-state index in [1.807, 2.05) is 0 Å². The van der Waals surface area contributed by atoms with E-state index in [9.17, 15) is 0 Å². The summed E-state index contributed by atoms with van der Waals surface area (Å²) in [5, 5.41) is 0. The van der Waals surface area contributed by atoms with E-state index in [0.717, 1.165) is 0 Å². The topological polar surface area (TPSA) is 0 Å². The number of hydrogen-bond donors (Lipinski definition) is 0. The van der Waals surface area contributed by atoms with Gasteiger partial charge in [0, 0.05) is 0 Å². The minimum atomic E-state index is 1.36. The van der Waals surface area contributed by atoms with Crippen molar-refractivity contribution in [1.82, 2.24) is 0 Å². The second kappa shape index (κ2) is 12.2. The molecular formula is C12H24P. The van der Waals surface area contributed by atoms with Crippen LogP contribution in [0.2, 0.25) is 0 Å². The fourth-order valence-electron chi connectivity index (χ4n) is 1.34. The van der Waals surface area contributed by atoms with Gasteiger partial charge in [-0.2, -0.15) is 0 Å². The highest BCUT2D eigenvalue weighted by Crippen LogP contribution is 2.15. The van der Waals surface area contributed by atoms with Gasteiger partial charge in [-0.3, -0.25) is 0 Å². The molecule has 0 aliphatic carbocycles. The molecule has 0 aromatic rings. The minimum Gasteiger partial charge on any atom is -0.0868 e. The zero-order valence-electron chi connectivity index (χ0n) is 9.26. The lowest BCUT2D eigenvalue weighted by Gasteiger charge is -1.99. The maximum atomic E-state index is 2.27. The largest absolute Gasteiger partial charge is 0.0868 e. The summed E-state index contributed by atoms with van der Waals surface area (Å²) in [7, 11) is 1.50. The summed E-state index contributed by atoms with van der Waals surface area (Å²) in [6, 6.07) is 0. The fourth-order valence-corrected chi connectivity index (χ4v) is 2.11. The lowest BCUT2D eigenvalue weighted by atomic mass is 10.1. The summed E-state index contributed by atoms with van der Waals surface area (Å²) in [5.74, 6) is 2.25. The zero-order valence-corrected chi connectivity index (χ0v) is 10.2. The Balaban J connectivity index is 2.83. The van der Waals surface area contributed by atoms with Crippen molar-refractivity contribution in [2.45, 2.75) is 58.8 Å². The van der Waals surface area contributed by atoms with Crippen molar-refractivity contribution in [2.24, 2.45) is 0 Å². The molecule has 0 aliphatic heterocycles. The summed E-state index contributed by atoms with van der Waals surface area (Å²) >= 11 is 0. The molecule has 0 aromatic carbocycles. The third-order valence-electron chi connectivity index (χ3n) is 2.15. The first-order valence-corrected chi connectivity index (χ1v) is 6.84. The van der Waals surface area contributed by atoms with Crippen molar-refractivity contribution in [3.63, 3.8) is 0 Å². The summed E-state index contributed by atoms with van der Waals surface area (Å²) < 4.78 is 0. The molecule has 0 unspecified atom stereocenters. The van der Waals surface area contributed by atoms with Crippen molar-refractivity contribution >= 4 is 8.58 Å². The molecular weight excluding hydrogens is 175 g/mol. The van der Waals surface area contributed by atoms with Gasteiger partial charge in [0.2, 0.25) is 0 Å². The van der Waals surface area contributed by atoms with Gasteiger partial charge in [-0.25, -0.2) is 0 Å². The zero-order chi connectivity index (χ0) is 9.78. The van der Waals surface area contributed by atoms with Crippen LogP contribution in [-0.2, 0) is 0 Å². The van der Waals surface area contributed by atoms with Crippen molar-refractivity contribution in [1.29, 1.82) is 0 Å². The molecule has 0 atom stereocenters. The van der Waals surface area contributed by atoms with Crippen LogP contribution >= 0.6 is 8.58 Å². The number of hydrogen-bond acceptors (Lipinski definition) is 0. The molecule has 0 heterocycles. The van der Waals surface area contributed by atoms with Gasteiger partial charge in [0.25, 0.3) is 0 Å². The Morgan fingerprint density at radius 1 is 0.923 bits per heavy atom. The van der Waals surface area contributed by atoms with Crippen LogP contribution in [0.4, 0.5) is 0 Å². The van der Waals surface area contributed by atoms with E-state index in [2.05, 4.69) is 25.7 Å². The Morgan fingerprint density at radius 2 is 1.54 bits per heavy atom. The van der Waals surface area contributed by atoms with Gasteiger partial charge in [-0.15, -0.1) is 0 Å².